The Morgan fingerprint density at radius 2 is 2.00 bits per heavy atom. The number of hydrogen-bond donors (Lipinski definition) is 1. The number of hydrogen-bond acceptors (Lipinski definition) is 3. The van der Waals surface area contributed by atoms with E-state index in [0.29, 0.717) is 0 Å². The lowest BCUT2D eigenvalue weighted by Gasteiger charge is -2.19. The van der Waals surface area contributed by atoms with Gasteiger partial charge >= 0.3 is 0 Å². The number of aromatic nitrogens is 1. The SMILES string of the molecule is Cc1cccc(CN(C)c2ccc(CC(C)N)cn2)c1. The fraction of sp³-hybridized carbons (Fsp3) is 0.353. The number of nitrogens with two attached hydrogens (primary N) is 1. The summed E-state index contributed by atoms with van der Waals surface area (Å²) in [5, 5.41) is 0. The molecule has 106 valence electrons. The predicted molar refractivity (Wildman–Crippen MR) is 84.9 cm³/mol. The molecule has 3 nitrogen and oxygen atoms in total. The van der Waals surface area contributed by atoms with Crippen molar-refractivity contribution in [1.82, 2.24) is 4.98 Å². The van der Waals surface area contributed by atoms with E-state index in [1.54, 1.807) is 0 Å². The molecule has 0 bridgehead atoms. The number of nitrogens with zero attached hydrogens (tertiary/aromatic N) is 2. The average Bonchev–Trinajstić information content (AvgIpc) is 2.38. The Hall–Kier alpha value is -1.87. The Kier molecular flexibility index (Phi) is 4.74. The first kappa shape index (κ1) is 14.5. The largest absolute Gasteiger partial charge is 0.355 e. The van der Waals surface area contributed by atoms with Gasteiger partial charge in [-0.05, 0) is 37.5 Å². The third-order valence-corrected chi connectivity index (χ3v) is 3.26. The molecule has 1 aromatic carbocycles. The number of anilines is 1. The molecular formula is C17H23N3. The minimum Gasteiger partial charge on any atom is -0.355 e. The second-order valence-electron chi connectivity index (χ2n) is 5.55. The summed E-state index contributed by atoms with van der Waals surface area (Å²) in [5.74, 6) is 0.986. The van der Waals surface area contributed by atoms with E-state index in [1.807, 2.05) is 13.1 Å². The van der Waals surface area contributed by atoms with Gasteiger partial charge in [-0.1, -0.05) is 35.9 Å². The molecule has 0 spiro atoms. The van der Waals surface area contributed by atoms with Crippen molar-refractivity contribution in [3.63, 3.8) is 0 Å². The number of aryl methyl sites for hydroxylation is 1. The third kappa shape index (κ3) is 4.07. The van der Waals surface area contributed by atoms with Crippen LogP contribution in [0.5, 0.6) is 0 Å². The molecule has 2 N–H and O–H groups in total. The molecule has 0 aliphatic heterocycles. The lowest BCUT2D eigenvalue weighted by atomic mass is 10.1. The highest BCUT2D eigenvalue weighted by molar-refractivity contribution is 5.40. The lowest BCUT2D eigenvalue weighted by Crippen LogP contribution is -2.19. The van der Waals surface area contributed by atoms with Gasteiger partial charge in [0.25, 0.3) is 0 Å². The molecule has 0 aliphatic rings. The highest BCUT2D eigenvalue weighted by atomic mass is 15.2. The molecule has 1 heterocycles. The van der Waals surface area contributed by atoms with Crippen LogP contribution in [0.2, 0.25) is 0 Å². The van der Waals surface area contributed by atoms with Gasteiger partial charge in [0.15, 0.2) is 0 Å². The van der Waals surface area contributed by atoms with E-state index in [9.17, 15) is 0 Å². The molecule has 0 aliphatic carbocycles. The highest BCUT2D eigenvalue weighted by Crippen LogP contribution is 2.14. The van der Waals surface area contributed by atoms with Gasteiger partial charge in [0.1, 0.15) is 5.82 Å². The van der Waals surface area contributed by atoms with Crippen molar-refractivity contribution in [2.75, 3.05) is 11.9 Å². The van der Waals surface area contributed by atoms with Crippen LogP contribution in [0.4, 0.5) is 5.82 Å². The molecule has 20 heavy (non-hydrogen) atoms. The van der Waals surface area contributed by atoms with Crippen LogP contribution in [0.3, 0.4) is 0 Å². The van der Waals surface area contributed by atoms with E-state index in [2.05, 4.69) is 60.3 Å². The van der Waals surface area contributed by atoms with Crippen molar-refractivity contribution in [2.24, 2.45) is 5.73 Å². The van der Waals surface area contributed by atoms with Gasteiger partial charge in [0, 0.05) is 25.8 Å². The van der Waals surface area contributed by atoms with Gasteiger partial charge in [-0.2, -0.15) is 0 Å². The summed E-state index contributed by atoms with van der Waals surface area (Å²) in [6, 6.07) is 12.9. The van der Waals surface area contributed by atoms with Crippen LogP contribution in [0.25, 0.3) is 0 Å². The maximum atomic E-state index is 5.80. The maximum Gasteiger partial charge on any atom is 0.128 e. The van der Waals surface area contributed by atoms with Crippen LogP contribution in [0.15, 0.2) is 42.6 Å². The minimum absolute atomic E-state index is 0.174. The fourth-order valence-electron chi connectivity index (χ4n) is 2.30. The number of benzene rings is 1. The Bertz CT molecular complexity index is 546. The van der Waals surface area contributed by atoms with Crippen molar-refractivity contribution < 1.29 is 0 Å². The van der Waals surface area contributed by atoms with Crippen LogP contribution in [0.1, 0.15) is 23.6 Å². The predicted octanol–water partition coefficient (Wildman–Crippen LogP) is 2.92. The standard InChI is InChI=1S/C17H23N3/c1-13-5-4-6-16(9-13)12-20(3)17-8-7-15(11-19-17)10-14(2)18/h4-9,11,14H,10,12,18H2,1-3H3. The molecule has 0 fully saturated rings. The van der Waals surface area contributed by atoms with Crippen molar-refractivity contribution in [2.45, 2.75) is 32.9 Å². The zero-order chi connectivity index (χ0) is 14.5. The quantitative estimate of drug-likeness (QED) is 0.907. The number of rotatable bonds is 5. The molecule has 0 radical (unpaired) electrons. The molecule has 1 atom stereocenters. The van der Waals surface area contributed by atoms with Crippen molar-refractivity contribution in [3.8, 4) is 0 Å². The molecule has 0 saturated heterocycles. The normalized spacial score (nSPS) is 12.2. The molecule has 1 unspecified atom stereocenters. The van der Waals surface area contributed by atoms with Gasteiger partial charge in [-0.15, -0.1) is 0 Å². The van der Waals surface area contributed by atoms with Crippen molar-refractivity contribution in [1.29, 1.82) is 0 Å². The summed E-state index contributed by atoms with van der Waals surface area (Å²) in [4.78, 5) is 6.68. The summed E-state index contributed by atoms with van der Waals surface area (Å²) in [7, 11) is 2.07. The minimum atomic E-state index is 0.174. The fourth-order valence-corrected chi connectivity index (χ4v) is 2.30. The Balaban J connectivity index is 2.03. The summed E-state index contributed by atoms with van der Waals surface area (Å²) >= 11 is 0. The Morgan fingerprint density at radius 1 is 1.20 bits per heavy atom. The van der Waals surface area contributed by atoms with Gasteiger partial charge in [0.05, 0.1) is 0 Å². The van der Waals surface area contributed by atoms with Crippen LogP contribution in [-0.4, -0.2) is 18.1 Å². The summed E-state index contributed by atoms with van der Waals surface area (Å²) < 4.78 is 0. The molecule has 2 aromatic rings. The Morgan fingerprint density at radius 3 is 2.60 bits per heavy atom. The summed E-state index contributed by atoms with van der Waals surface area (Å²) in [6.45, 7) is 4.99. The molecule has 1 aromatic heterocycles. The zero-order valence-electron chi connectivity index (χ0n) is 12.5. The van der Waals surface area contributed by atoms with Gasteiger partial charge in [-0.25, -0.2) is 4.98 Å². The molecule has 0 amide bonds. The third-order valence-electron chi connectivity index (χ3n) is 3.26. The zero-order valence-corrected chi connectivity index (χ0v) is 12.5. The Labute approximate surface area is 121 Å². The molecular weight excluding hydrogens is 246 g/mol. The van der Waals surface area contributed by atoms with Crippen molar-refractivity contribution in [3.05, 3.63) is 59.3 Å². The van der Waals surface area contributed by atoms with Gasteiger partial charge < -0.3 is 10.6 Å². The van der Waals surface area contributed by atoms with Gasteiger partial charge in [0.2, 0.25) is 0 Å². The van der Waals surface area contributed by atoms with E-state index in [4.69, 9.17) is 5.73 Å². The van der Waals surface area contributed by atoms with Crippen LogP contribution >= 0.6 is 0 Å². The highest BCUT2D eigenvalue weighted by Gasteiger charge is 2.05. The van der Waals surface area contributed by atoms with Crippen LogP contribution in [0, 0.1) is 6.92 Å². The average molecular weight is 269 g/mol. The van der Waals surface area contributed by atoms with Crippen LogP contribution in [-0.2, 0) is 13.0 Å². The first-order chi connectivity index (χ1) is 9.54. The van der Waals surface area contributed by atoms with E-state index in [1.165, 1.54) is 16.7 Å². The maximum absolute atomic E-state index is 5.80. The summed E-state index contributed by atoms with van der Waals surface area (Å²) in [6.07, 6.45) is 2.79. The van der Waals surface area contributed by atoms with E-state index < -0.39 is 0 Å². The summed E-state index contributed by atoms with van der Waals surface area (Å²) in [5.41, 5.74) is 9.58. The second-order valence-corrected chi connectivity index (χ2v) is 5.55. The monoisotopic (exact) mass is 269 g/mol. The molecule has 0 saturated carbocycles. The first-order valence-electron chi connectivity index (χ1n) is 7.02. The molecule has 3 heteroatoms. The first-order valence-corrected chi connectivity index (χ1v) is 7.02. The second kappa shape index (κ2) is 6.53. The lowest BCUT2D eigenvalue weighted by molar-refractivity contribution is 0.735. The van der Waals surface area contributed by atoms with Gasteiger partial charge in [-0.3, -0.25) is 0 Å². The van der Waals surface area contributed by atoms with Crippen molar-refractivity contribution >= 4 is 5.82 Å². The van der Waals surface area contributed by atoms with E-state index in [0.717, 1.165) is 18.8 Å². The van der Waals surface area contributed by atoms with E-state index in [-0.39, 0.29) is 6.04 Å². The molecule has 2 rings (SSSR count). The topological polar surface area (TPSA) is 42.1 Å². The smallest absolute Gasteiger partial charge is 0.128 e. The van der Waals surface area contributed by atoms with E-state index >= 15 is 0 Å². The van der Waals surface area contributed by atoms with Crippen LogP contribution < -0.4 is 10.6 Å². The number of pyridine rings is 1.